The number of rotatable bonds is 3. The Morgan fingerprint density at radius 2 is 1.87 bits per heavy atom. The molecule has 1 heterocycles. The normalized spacial score (nSPS) is 10.6. The summed E-state index contributed by atoms with van der Waals surface area (Å²) in [5, 5.41) is 7.37. The first-order valence-electron chi connectivity index (χ1n) is 7.01. The van der Waals surface area contributed by atoms with E-state index >= 15 is 0 Å². The number of carbonyl (C=O) groups is 1. The van der Waals surface area contributed by atoms with Crippen LogP contribution in [0, 0.1) is 13.8 Å². The summed E-state index contributed by atoms with van der Waals surface area (Å²) in [6, 6.07) is 12.3. The van der Waals surface area contributed by atoms with Gasteiger partial charge < -0.3 is 9.84 Å². The Hall–Kier alpha value is -2.66. The molecule has 0 saturated carbocycles. The van der Waals surface area contributed by atoms with Crippen LogP contribution in [0.3, 0.4) is 0 Å². The lowest BCUT2D eigenvalue weighted by atomic mass is 10.1. The molecule has 0 aliphatic heterocycles. The molecule has 0 aliphatic rings. The van der Waals surface area contributed by atoms with Crippen molar-refractivity contribution in [3.05, 3.63) is 64.5 Å². The number of benzene rings is 2. The van der Waals surface area contributed by atoms with Gasteiger partial charge in [-0.2, -0.15) is 4.98 Å². The first-order chi connectivity index (χ1) is 11.0. The van der Waals surface area contributed by atoms with Crippen LogP contribution in [0.5, 0.6) is 0 Å². The molecule has 0 unspecified atom stereocenters. The van der Waals surface area contributed by atoms with E-state index in [0.717, 1.165) is 16.8 Å². The molecule has 0 spiro atoms. The molecule has 2 aromatic carbocycles. The molecule has 0 atom stereocenters. The molecule has 0 aliphatic carbocycles. The Kier molecular flexibility index (Phi) is 4.12. The van der Waals surface area contributed by atoms with Crippen LogP contribution in [0.4, 0.5) is 5.69 Å². The van der Waals surface area contributed by atoms with Crippen LogP contribution in [-0.2, 0) is 0 Å². The standard InChI is InChI=1S/C17H14ClN3O2/c1-10-9-13(16-19-11(2)23-21-16)5-8-15(10)20-17(22)12-3-6-14(18)7-4-12/h3-9H,1-2H3,(H,20,22). The van der Waals surface area contributed by atoms with Gasteiger partial charge in [0, 0.05) is 28.8 Å². The highest BCUT2D eigenvalue weighted by molar-refractivity contribution is 6.30. The van der Waals surface area contributed by atoms with E-state index < -0.39 is 0 Å². The number of aryl methyl sites for hydroxylation is 2. The van der Waals surface area contributed by atoms with Crippen LogP contribution in [0.1, 0.15) is 21.8 Å². The van der Waals surface area contributed by atoms with Gasteiger partial charge in [-0.3, -0.25) is 4.79 Å². The summed E-state index contributed by atoms with van der Waals surface area (Å²) in [7, 11) is 0. The minimum Gasteiger partial charge on any atom is -0.339 e. The molecule has 0 bridgehead atoms. The van der Waals surface area contributed by atoms with Gasteiger partial charge in [0.1, 0.15) is 0 Å². The molecule has 1 aromatic heterocycles. The smallest absolute Gasteiger partial charge is 0.255 e. The van der Waals surface area contributed by atoms with Crippen LogP contribution >= 0.6 is 11.6 Å². The highest BCUT2D eigenvalue weighted by atomic mass is 35.5. The average molecular weight is 328 g/mol. The summed E-state index contributed by atoms with van der Waals surface area (Å²) in [5.74, 6) is 0.854. The van der Waals surface area contributed by atoms with Gasteiger partial charge in [-0.05, 0) is 55.0 Å². The van der Waals surface area contributed by atoms with Crippen molar-refractivity contribution < 1.29 is 9.32 Å². The van der Waals surface area contributed by atoms with Gasteiger partial charge >= 0.3 is 0 Å². The fraction of sp³-hybridized carbons (Fsp3) is 0.118. The maximum Gasteiger partial charge on any atom is 0.255 e. The Balaban J connectivity index is 1.81. The lowest BCUT2D eigenvalue weighted by Crippen LogP contribution is -2.12. The number of nitrogens with one attached hydrogen (secondary N) is 1. The quantitative estimate of drug-likeness (QED) is 0.780. The largest absolute Gasteiger partial charge is 0.339 e. The third kappa shape index (κ3) is 3.40. The van der Waals surface area contributed by atoms with Crippen molar-refractivity contribution in [3.63, 3.8) is 0 Å². The molecule has 0 saturated heterocycles. The minimum absolute atomic E-state index is 0.187. The molecule has 3 aromatic rings. The van der Waals surface area contributed by atoms with Crippen LogP contribution in [-0.4, -0.2) is 16.0 Å². The molecule has 6 heteroatoms. The predicted molar refractivity (Wildman–Crippen MR) is 88.6 cm³/mol. The lowest BCUT2D eigenvalue weighted by Gasteiger charge is -2.09. The third-order valence-electron chi connectivity index (χ3n) is 3.37. The molecule has 0 radical (unpaired) electrons. The summed E-state index contributed by atoms with van der Waals surface area (Å²) in [5.41, 5.74) is 3.02. The minimum atomic E-state index is -0.187. The lowest BCUT2D eigenvalue weighted by molar-refractivity contribution is 0.102. The zero-order valence-corrected chi connectivity index (χ0v) is 13.4. The highest BCUT2D eigenvalue weighted by Crippen LogP contribution is 2.23. The molecule has 1 N–H and O–H groups in total. The number of hydrogen-bond acceptors (Lipinski definition) is 4. The van der Waals surface area contributed by atoms with Crippen molar-refractivity contribution in [1.82, 2.24) is 10.1 Å². The van der Waals surface area contributed by atoms with E-state index in [1.54, 1.807) is 31.2 Å². The van der Waals surface area contributed by atoms with E-state index in [4.69, 9.17) is 16.1 Å². The molecule has 0 fully saturated rings. The Bertz CT molecular complexity index is 857. The molecule has 3 rings (SSSR count). The predicted octanol–water partition coefficient (Wildman–Crippen LogP) is 4.26. The molecule has 1 amide bonds. The van der Waals surface area contributed by atoms with E-state index in [-0.39, 0.29) is 5.91 Å². The van der Waals surface area contributed by atoms with Gasteiger partial charge in [0.2, 0.25) is 11.7 Å². The average Bonchev–Trinajstić information content (AvgIpc) is 2.96. The maximum atomic E-state index is 12.2. The summed E-state index contributed by atoms with van der Waals surface area (Å²) < 4.78 is 4.98. The first-order valence-corrected chi connectivity index (χ1v) is 7.39. The van der Waals surface area contributed by atoms with Gasteiger partial charge in [0.15, 0.2) is 0 Å². The number of nitrogens with zero attached hydrogens (tertiary/aromatic N) is 2. The number of halogens is 1. The second-order valence-corrected chi connectivity index (χ2v) is 5.56. The van der Waals surface area contributed by atoms with Gasteiger partial charge in [-0.1, -0.05) is 16.8 Å². The SMILES string of the molecule is Cc1nc(-c2ccc(NC(=O)c3ccc(Cl)cc3)c(C)c2)no1. The number of hydrogen-bond donors (Lipinski definition) is 1. The van der Waals surface area contributed by atoms with E-state index in [1.165, 1.54) is 0 Å². The van der Waals surface area contributed by atoms with Crippen molar-refractivity contribution in [2.75, 3.05) is 5.32 Å². The van der Waals surface area contributed by atoms with E-state index in [1.807, 2.05) is 25.1 Å². The number of anilines is 1. The fourth-order valence-electron chi connectivity index (χ4n) is 2.16. The third-order valence-corrected chi connectivity index (χ3v) is 3.62. The molecule has 5 nitrogen and oxygen atoms in total. The van der Waals surface area contributed by atoms with E-state index in [9.17, 15) is 4.79 Å². The van der Waals surface area contributed by atoms with Crippen molar-refractivity contribution in [2.24, 2.45) is 0 Å². The second kappa shape index (κ2) is 6.22. The number of carbonyl (C=O) groups excluding carboxylic acids is 1. The number of amides is 1. The zero-order chi connectivity index (χ0) is 16.4. The van der Waals surface area contributed by atoms with Crippen LogP contribution in [0.25, 0.3) is 11.4 Å². The Labute approximate surface area is 138 Å². The highest BCUT2D eigenvalue weighted by Gasteiger charge is 2.10. The van der Waals surface area contributed by atoms with Crippen molar-refractivity contribution in [1.29, 1.82) is 0 Å². The fourth-order valence-corrected chi connectivity index (χ4v) is 2.28. The van der Waals surface area contributed by atoms with Crippen molar-refractivity contribution in [3.8, 4) is 11.4 Å². The summed E-state index contributed by atoms with van der Waals surface area (Å²) in [6.07, 6.45) is 0. The van der Waals surface area contributed by atoms with Crippen LogP contribution in [0.15, 0.2) is 47.0 Å². The molecule has 116 valence electrons. The Morgan fingerprint density at radius 3 is 2.48 bits per heavy atom. The summed E-state index contributed by atoms with van der Waals surface area (Å²) in [6.45, 7) is 3.65. The van der Waals surface area contributed by atoms with Gasteiger partial charge in [0.25, 0.3) is 5.91 Å². The van der Waals surface area contributed by atoms with Crippen LogP contribution < -0.4 is 5.32 Å². The molecular formula is C17H14ClN3O2. The van der Waals surface area contributed by atoms with Crippen molar-refractivity contribution >= 4 is 23.2 Å². The summed E-state index contributed by atoms with van der Waals surface area (Å²) >= 11 is 5.83. The van der Waals surface area contributed by atoms with Crippen LogP contribution in [0.2, 0.25) is 5.02 Å². The maximum absolute atomic E-state index is 12.2. The van der Waals surface area contributed by atoms with Gasteiger partial charge in [-0.15, -0.1) is 0 Å². The van der Waals surface area contributed by atoms with E-state index in [2.05, 4.69) is 15.5 Å². The number of aromatic nitrogens is 2. The van der Waals surface area contributed by atoms with Crippen molar-refractivity contribution in [2.45, 2.75) is 13.8 Å². The van der Waals surface area contributed by atoms with Gasteiger partial charge in [0.05, 0.1) is 0 Å². The van der Waals surface area contributed by atoms with E-state index in [0.29, 0.717) is 22.3 Å². The zero-order valence-electron chi connectivity index (χ0n) is 12.6. The topological polar surface area (TPSA) is 68.0 Å². The summed E-state index contributed by atoms with van der Waals surface area (Å²) in [4.78, 5) is 16.4. The second-order valence-electron chi connectivity index (χ2n) is 5.13. The molecular weight excluding hydrogens is 314 g/mol. The first kappa shape index (κ1) is 15.2. The van der Waals surface area contributed by atoms with Gasteiger partial charge in [-0.25, -0.2) is 0 Å². The molecule has 23 heavy (non-hydrogen) atoms. The Morgan fingerprint density at radius 1 is 1.13 bits per heavy atom. The monoisotopic (exact) mass is 327 g/mol.